The fourth-order valence-corrected chi connectivity index (χ4v) is 11.0. The summed E-state index contributed by atoms with van der Waals surface area (Å²) >= 11 is 0. The Kier molecular flexibility index (Phi) is 8.79. The fourth-order valence-electron chi connectivity index (χ4n) is 8.52. The third kappa shape index (κ3) is 5.81. The van der Waals surface area contributed by atoms with E-state index in [9.17, 15) is 19.5 Å². The lowest BCUT2D eigenvalue weighted by atomic mass is 9.82. The van der Waals surface area contributed by atoms with Crippen molar-refractivity contribution in [1.29, 1.82) is 0 Å². The van der Waals surface area contributed by atoms with Gasteiger partial charge in [0.15, 0.2) is 5.60 Å². The highest BCUT2D eigenvalue weighted by Gasteiger charge is 2.67. The molecule has 0 unspecified atom stereocenters. The molecule has 0 radical (unpaired) electrons. The van der Waals surface area contributed by atoms with Gasteiger partial charge in [-0.15, -0.1) is 0 Å². The Morgan fingerprint density at radius 1 is 1.02 bits per heavy atom. The number of ether oxygens (including phenoxy) is 1. The molecule has 2 fully saturated rings. The summed E-state index contributed by atoms with van der Waals surface area (Å²) in [4.78, 5) is 44.5. The number of rotatable bonds is 8. The number of amides is 3. The van der Waals surface area contributed by atoms with Crippen LogP contribution in [-0.2, 0) is 31.3 Å². The number of likely N-dealkylation sites (tertiary alicyclic amines) is 1. The van der Waals surface area contributed by atoms with Gasteiger partial charge in [0.05, 0.1) is 48.8 Å². The summed E-state index contributed by atoms with van der Waals surface area (Å²) in [5.41, 5.74) is 2.71. The standard InChI is InChI=1S/C38H43FN4O5Si/c1-25-36(49(2,3)39)33(22-35(46)41-21-9-12-29(41)24-44)48-38(25)30-13-7-8-14-32(30)42(37(38)47)23-26-15-17-28(18-16-26)43-34(45)20-19-31(40-43)27-10-5-4-6-11-27/h4-8,10-11,13-18,25,29,33,36,44H,9,12,19-24H2,1-3H3/t25-,29-,33+,36-,38+/m0/s1. The number of nitrogens with zero attached hydrogens (tertiary/aromatic N) is 4. The topological polar surface area (TPSA) is 103 Å². The minimum Gasteiger partial charge on any atom is -0.394 e. The zero-order chi connectivity index (χ0) is 34.5. The van der Waals surface area contributed by atoms with Crippen LogP contribution in [0.25, 0.3) is 0 Å². The maximum atomic E-state index is 16.2. The van der Waals surface area contributed by atoms with Crippen LogP contribution >= 0.6 is 0 Å². The van der Waals surface area contributed by atoms with Crippen LogP contribution in [0.3, 0.4) is 0 Å². The molecule has 3 aromatic carbocycles. The maximum absolute atomic E-state index is 16.2. The number of hydrogen-bond donors (Lipinski definition) is 1. The number of carbonyl (C=O) groups excluding carboxylic acids is 3. The monoisotopic (exact) mass is 682 g/mol. The van der Waals surface area contributed by atoms with Crippen LogP contribution in [-0.4, -0.2) is 67.1 Å². The van der Waals surface area contributed by atoms with Gasteiger partial charge in [0.25, 0.3) is 5.91 Å². The summed E-state index contributed by atoms with van der Waals surface area (Å²) in [5, 5.41) is 16.0. The zero-order valence-electron chi connectivity index (χ0n) is 28.2. The van der Waals surface area contributed by atoms with Gasteiger partial charge < -0.3 is 23.8 Å². The predicted molar refractivity (Wildman–Crippen MR) is 188 cm³/mol. The van der Waals surface area contributed by atoms with E-state index in [0.29, 0.717) is 36.3 Å². The smallest absolute Gasteiger partial charge is 0.264 e. The molecule has 1 N–H and O–H groups in total. The van der Waals surface area contributed by atoms with E-state index in [-0.39, 0.29) is 43.3 Å². The van der Waals surface area contributed by atoms with Crippen molar-refractivity contribution >= 4 is 43.2 Å². The molecule has 11 heteroatoms. The number of hydrogen-bond acceptors (Lipinski definition) is 6. The quantitative estimate of drug-likeness (QED) is 0.235. The van der Waals surface area contributed by atoms with Crippen molar-refractivity contribution in [1.82, 2.24) is 4.90 Å². The number of carbonyl (C=O) groups is 3. The highest BCUT2D eigenvalue weighted by Crippen LogP contribution is 2.60. The maximum Gasteiger partial charge on any atom is 0.264 e. The third-order valence-electron chi connectivity index (χ3n) is 10.8. The van der Waals surface area contributed by atoms with Crippen molar-refractivity contribution in [3.8, 4) is 0 Å². The number of aliphatic hydroxyl groups excluding tert-OH is 1. The normalized spacial score (nSPS) is 26.9. The zero-order valence-corrected chi connectivity index (χ0v) is 29.2. The molecule has 4 heterocycles. The number of fused-ring (bicyclic) bond motifs is 2. The number of para-hydroxylation sites is 1. The molecule has 0 aliphatic carbocycles. The van der Waals surface area contributed by atoms with E-state index >= 15 is 4.11 Å². The van der Waals surface area contributed by atoms with Crippen molar-refractivity contribution in [3.63, 3.8) is 0 Å². The second-order valence-electron chi connectivity index (χ2n) is 14.2. The average molecular weight is 683 g/mol. The van der Waals surface area contributed by atoms with Crippen LogP contribution in [0.5, 0.6) is 0 Å². The van der Waals surface area contributed by atoms with Gasteiger partial charge in [-0.3, -0.25) is 14.4 Å². The molecule has 0 aromatic heterocycles. The molecule has 0 saturated carbocycles. The van der Waals surface area contributed by atoms with Crippen molar-refractivity contribution in [2.45, 2.75) is 82.0 Å². The number of halogens is 1. The first-order valence-corrected chi connectivity index (χ1v) is 20.2. The summed E-state index contributed by atoms with van der Waals surface area (Å²) in [6.07, 6.45) is 1.69. The summed E-state index contributed by atoms with van der Waals surface area (Å²) in [6.45, 7) is 5.84. The first kappa shape index (κ1) is 33.3. The van der Waals surface area contributed by atoms with Crippen molar-refractivity contribution < 1.29 is 28.3 Å². The molecule has 49 heavy (non-hydrogen) atoms. The minimum absolute atomic E-state index is 0.0335. The Bertz CT molecular complexity index is 1780. The highest BCUT2D eigenvalue weighted by atomic mass is 28.4. The van der Waals surface area contributed by atoms with Gasteiger partial charge in [-0.2, -0.15) is 5.10 Å². The Morgan fingerprint density at radius 3 is 2.45 bits per heavy atom. The molecule has 5 atom stereocenters. The SMILES string of the molecule is C[C@H]1[C@H]([Si](C)(C)F)[C@@H](CC(=O)N2CCC[C@H]2CO)O[C@]12C(=O)N(Cc1ccc(N3N=C(c4ccccc4)CCC3=O)cc1)c1ccccc12. The molecule has 256 valence electrons. The van der Waals surface area contributed by atoms with E-state index in [0.717, 1.165) is 29.7 Å². The third-order valence-corrected chi connectivity index (χ3v) is 13.3. The molecule has 7 rings (SSSR count). The van der Waals surface area contributed by atoms with E-state index in [4.69, 9.17) is 4.74 Å². The molecule has 9 nitrogen and oxygen atoms in total. The molecule has 1 spiro atoms. The molecule has 2 saturated heterocycles. The van der Waals surface area contributed by atoms with Gasteiger partial charge >= 0.3 is 0 Å². The van der Waals surface area contributed by atoms with Crippen LogP contribution in [0.2, 0.25) is 18.6 Å². The van der Waals surface area contributed by atoms with Crippen LogP contribution < -0.4 is 9.91 Å². The highest BCUT2D eigenvalue weighted by molar-refractivity contribution is 6.72. The predicted octanol–water partition coefficient (Wildman–Crippen LogP) is 5.91. The van der Waals surface area contributed by atoms with Crippen molar-refractivity contribution in [2.75, 3.05) is 23.1 Å². The van der Waals surface area contributed by atoms with Crippen LogP contribution in [0, 0.1) is 5.92 Å². The summed E-state index contributed by atoms with van der Waals surface area (Å²) in [7, 11) is -3.44. The van der Waals surface area contributed by atoms with Crippen LogP contribution in [0.4, 0.5) is 15.5 Å². The Labute approximate surface area is 287 Å². The molecule has 3 amide bonds. The molecule has 4 aliphatic heterocycles. The Balaban J connectivity index is 1.16. The van der Waals surface area contributed by atoms with E-state index in [1.54, 1.807) is 22.9 Å². The first-order valence-electron chi connectivity index (χ1n) is 17.3. The number of benzene rings is 3. The lowest BCUT2D eigenvalue weighted by molar-refractivity contribution is -0.150. The molecule has 3 aromatic rings. The van der Waals surface area contributed by atoms with E-state index in [1.165, 1.54) is 5.01 Å². The average Bonchev–Trinajstić information content (AvgIpc) is 3.76. The number of anilines is 2. The van der Waals surface area contributed by atoms with Crippen LogP contribution in [0.15, 0.2) is 84.0 Å². The summed E-state index contributed by atoms with van der Waals surface area (Å²) < 4.78 is 23.0. The van der Waals surface area contributed by atoms with Gasteiger partial charge in [0.2, 0.25) is 20.2 Å². The summed E-state index contributed by atoms with van der Waals surface area (Å²) in [6, 6.07) is 24.6. The largest absolute Gasteiger partial charge is 0.394 e. The van der Waals surface area contributed by atoms with Gasteiger partial charge in [0, 0.05) is 36.4 Å². The van der Waals surface area contributed by atoms with Crippen molar-refractivity contribution in [2.24, 2.45) is 11.0 Å². The molecule has 0 bridgehead atoms. The minimum atomic E-state index is -3.44. The first-order chi connectivity index (χ1) is 23.5. The summed E-state index contributed by atoms with van der Waals surface area (Å²) in [5.74, 6) is -1.02. The van der Waals surface area contributed by atoms with Gasteiger partial charge in [-0.05, 0) is 55.3 Å². The second kappa shape index (κ2) is 12.9. The van der Waals surface area contributed by atoms with Gasteiger partial charge in [-0.1, -0.05) is 67.6 Å². The van der Waals surface area contributed by atoms with E-state index in [1.807, 2.05) is 85.8 Å². The molecule has 4 aliphatic rings. The van der Waals surface area contributed by atoms with Crippen molar-refractivity contribution in [3.05, 3.63) is 95.6 Å². The van der Waals surface area contributed by atoms with Crippen LogP contribution in [0.1, 0.15) is 55.7 Å². The Hall–Kier alpha value is -4.19. The lowest BCUT2D eigenvalue weighted by Gasteiger charge is -2.31. The van der Waals surface area contributed by atoms with Gasteiger partial charge in [-0.25, -0.2) is 5.01 Å². The van der Waals surface area contributed by atoms with Gasteiger partial charge in [0.1, 0.15) is 0 Å². The molecular formula is C38H43FN4O5Si. The number of hydrazone groups is 1. The Morgan fingerprint density at radius 2 is 1.73 bits per heavy atom. The number of aliphatic hydroxyl groups is 1. The fraction of sp³-hybridized carbons (Fsp3) is 0.421. The second-order valence-corrected chi connectivity index (χ2v) is 18.0. The molecular weight excluding hydrogens is 640 g/mol. The van der Waals surface area contributed by atoms with E-state index < -0.39 is 31.6 Å². The van der Waals surface area contributed by atoms with E-state index in [2.05, 4.69) is 5.10 Å². The lowest BCUT2D eigenvalue weighted by Crippen LogP contribution is -2.45.